The molecule has 1 rings (SSSR count). The number of amides is 1. The smallest absolute Gasteiger partial charge is 0.307 e. The molecule has 0 aromatic heterocycles. The van der Waals surface area contributed by atoms with Gasteiger partial charge < -0.3 is 10.1 Å². The molecule has 0 aromatic carbocycles. The molecule has 4 heteroatoms. The minimum atomic E-state index is -0.193. The van der Waals surface area contributed by atoms with Crippen molar-refractivity contribution in [2.24, 2.45) is 11.8 Å². The predicted molar refractivity (Wildman–Crippen MR) is 70.0 cm³/mol. The Hall–Kier alpha value is -1.06. The SMILES string of the molecule is CC(=O)NCCC(=O)O[C@@H]1CCCC[C@@H]1C(C)C. The number of ether oxygens (including phenoxy) is 1. The fourth-order valence-electron chi connectivity index (χ4n) is 2.60. The van der Waals surface area contributed by atoms with Crippen LogP contribution in [0, 0.1) is 11.8 Å². The van der Waals surface area contributed by atoms with Crippen LogP contribution in [-0.4, -0.2) is 24.5 Å². The lowest BCUT2D eigenvalue weighted by Crippen LogP contribution is -2.34. The van der Waals surface area contributed by atoms with Crippen LogP contribution in [0.2, 0.25) is 0 Å². The lowest BCUT2D eigenvalue weighted by atomic mass is 9.79. The number of hydrogen-bond acceptors (Lipinski definition) is 3. The molecule has 104 valence electrons. The van der Waals surface area contributed by atoms with E-state index in [-0.39, 0.29) is 24.4 Å². The molecule has 4 nitrogen and oxygen atoms in total. The average molecular weight is 255 g/mol. The molecule has 18 heavy (non-hydrogen) atoms. The Labute approximate surface area is 109 Å². The van der Waals surface area contributed by atoms with Gasteiger partial charge in [-0.05, 0) is 31.1 Å². The molecule has 1 saturated carbocycles. The highest BCUT2D eigenvalue weighted by Crippen LogP contribution is 2.32. The van der Waals surface area contributed by atoms with Crippen LogP contribution in [0.5, 0.6) is 0 Å². The van der Waals surface area contributed by atoms with Gasteiger partial charge in [0.25, 0.3) is 0 Å². The summed E-state index contributed by atoms with van der Waals surface area (Å²) in [5.41, 5.74) is 0. The Morgan fingerprint density at radius 2 is 1.94 bits per heavy atom. The zero-order chi connectivity index (χ0) is 13.5. The highest BCUT2D eigenvalue weighted by Gasteiger charge is 2.30. The third-order valence-corrected chi connectivity index (χ3v) is 3.60. The maximum Gasteiger partial charge on any atom is 0.307 e. The van der Waals surface area contributed by atoms with E-state index in [2.05, 4.69) is 19.2 Å². The molecule has 1 aliphatic carbocycles. The molecule has 0 aromatic rings. The van der Waals surface area contributed by atoms with Gasteiger partial charge in [0.15, 0.2) is 0 Å². The number of nitrogens with one attached hydrogen (secondary N) is 1. The second kappa shape index (κ2) is 7.39. The zero-order valence-electron chi connectivity index (χ0n) is 11.7. The monoisotopic (exact) mass is 255 g/mol. The molecular formula is C14H25NO3. The molecule has 0 spiro atoms. The molecule has 0 saturated heterocycles. The minimum Gasteiger partial charge on any atom is -0.462 e. The first-order chi connectivity index (χ1) is 8.50. The summed E-state index contributed by atoms with van der Waals surface area (Å²) in [5.74, 6) is 0.740. The van der Waals surface area contributed by atoms with Gasteiger partial charge in [-0.25, -0.2) is 0 Å². The number of hydrogen-bond donors (Lipinski definition) is 1. The van der Waals surface area contributed by atoms with Crippen molar-refractivity contribution in [3.8, 4) is 0 Å². The Bertz CT molecular complexity index is 289. The molecule has 1 amide bonds. The van der Waals surface area contributed by atoms with Gasteiger partial charge in [-0.1, -0.05) is 20.3 Å². The summed E-state index contributed by atoms with van der Waals surface area (Å²) in [4.78, 5) is 22.4. The van der Waals surface area contributed by atoms with E-state index in [0.717, 1.165) is 19.3 Å². The normalized spacial score (nSPS) is 23.8. The second-order valence-electron chi connectivity index (χ2n) is 5.45. The van der Waals surface area contributed by atoms with E-state index in [0.29, 0.717) is 18.4 Å². The quantitative estimate of drug-likeness (QED) is 0.767. The lowest BCUT2D eigenvalue weighted by molar-refractivity contribution is -0.154. The van der Waals surface area contributed by atoms with Gasteiger partial charge in [0.05, 0.1) is 6.42 Å². The Morgan fingerprint density at radius 3 is 2.56 bits per heavy atom. The third kappa shape index (κ3) is 5.07. The Morgan fingerprint density at radius 1 is 1.28 bits per heavy atom. The van der Waals surface area contributed by atoms with Crippen LogP contribution in [0.4, 0.5) is 0 Å². The number of carbonyl (C=O) groups excluding carboxylic acids is 2. The van der Waals surface area contributed by atoms with E-state index in [1.807, 2.05) is 0 Å². The van der Waals surface area contributed by atoms with Gasteiger partial charge in [-0.15, -0.1) is 0 Å². The van der Waals surface area contributed by atoms with Crippen LogP contribution in [0.25, 0.3) is 0 Å². The Kier molecular flexibility index (Phi) is 6.16. The zero-order valence-corrected chi connectivity index (χ0v) is 11.7. The van der Waals surface area contributed by atoms with Crippen LogP contribution < -0.4 is 5.32 Å². The highest BCUT2D eigenvalue weighted by molar-refractivity contribution is 5.74. The summed E-state index contributed by atoms with van der Waals surface area (Å²) in [7, 11) is 0. The maximum absolute atomic E-state index is 11.7. The summed E-state index contributed by atoms with van der Waals surface area (Å²) in [6.45, 7) is 6.19. The molecular weight excluding hydrogens is 230 g/mol. The highest BCUT2D eigenvalue weighted by atomic mass is 16.5. The van der Waals surface area contributed by atoms with Gasteiger partial charge in [0.1, 0.15) is 6.10 Å². The van der Waals surface area contributed by atoms with Gasteiger partial charge >= 0.3 is 5.97 Å². The molecule has 0 aliphatic heterocycles. The van der Waals surface area contributed by atoms with Crippen LogP contribution in [0.15, 0.2) is 0 Å². The molecule has 1 fully saturated rings. The molecule has 2 atom stereocenters. The number of esters is 1. The molecule has 0 heterocycles. The summed E-state index contributed by atoms with van der Waals surface area (Å²) in [6.07, 6.45) is 4.86. The third-order valence-electron chi connectivity index (χ3n) is 3.60. The van der Waals surface area contributed by atoms with E-state index in [9.17, 15) is 9.59 Å². The summed E-state index contributed by atoms with van der Waals surface area (Å²) < 4.78 is 5.56. The van der Waals surface area contributed by atoms with E-state index in [4.69, 9.17) is 4.74 Å². The standard InChI is InChI=1S/C14H25NO3/c1-10(2)12-6-4-5-7-13(12)18-14(17)8-9-15-11(3)16/h10,12-13H,4-9H2,1-3H3,(H,15,16)/t12-,13-/m1/s1. The van der Waals surface area contributed by atoms with Crippen molar-refractivity contribution in [3.05, 3.63) is 0 Å². The Balaban J connectivity index is 2.34. The lowest BCUT2D eigenvalue weighted by Gasteiger charge is -2.33. The van der Waals surface area contributed by atoms with E-state index < -0.39 is 0 Å². The molecule has 0 bridgehead atoms. The van der Waals surface area contributed by atoms with E-state index in [1.54, 1.807) is 0 Å². The largest absolute Gasteiger partial charge is 0.462 e. The molecule has 0 radical (unpaired) electrons. The van der Waals surface area contributed by atoms with E-state index >= 15 is 0 Å². The van der Waals surface area contributed by atoms with Crippen molar-refractivity contribution in [2.75, 3.05) is 6.54 Å². The number of carbonyl (C=O) groups is 2. The van der Waals surface area contributed by atoms with Gasteiger partial charge in [-0.3, -0.25) is 9.59 Å². The summed E-state index contributed by atoms with van der Waals surface area (Å²) >= 11 is 0. The van der Waals surface area contributed by atoms with Crippen LogP contribution in [0.3, 0.4) is 0 Å². The van der Waals surface area contributed by atoms with Crippen molar-refractivity contribution >= 4 is 11.9 Å². The topological polar surface area (TPSA) is 55.4 Å². The minimum absolute atomic E-state index is 0.0728. The molecule has 0 unspecified atom stereocenters. The van der Waals surface area contributed by atoms with Crippen molar-refractivity contribution < 1.29 is 14.3 Å². The first-order valence-electron chi connectivity index (χ1n) is 6.94. The molecule has 1 aliphatic rings. The van der Waals surface area contributed by atoms with Crippen molar-refractivity contribution in [3.63, 3.8) is 0 Å². The van der Waals surface area contributed by atoms with Crippen molar-refractivity contribution in [1.29, 1.82) is 0 Å². The maximum atomic E-state index is 11.7. The number of rotatable bonds is 5. The van der Waals surface area contributed by atoms with Crippen molar-refractivity contribution in [2.45, 2.75) is 59.0 Å². The van der Waals surface area contributed by atoms with Gasteiger partial charge in [0.2, 0.25) is 5.91 Å². The second-order valence-corrected chi connectivity index (χ2v) is 5.45. The fourth-order valence-corrected chi connectivity index (χ4v) is 2.60. The van der Waals surface area contributed by atoms with Crippen LogP contribution >= 0.6 is 0 Å². The van der Waals surface area contributed by atoms with Gasteiger partial charge in [-0.2, -0.15) is 0 Å². The average Bonchev–Trinajstić information content (AvgIpc) is 2.28. The molecule has 1 N–H and O–H groups in total. The van der Waals surface area contributed by atoms with E-state index in [1.165, 1.54) is 13.3 Å². The van der Waals surface area contributed by atoms with Crippen molar-refractivity contribution in [1.82, 2.24) is 5.32 Å². The summed E-state index contributed by atoms with van der Waals surface area (Å²) in [6, 6.07) is 0. The first-order valence-corrected chi connectivity index (χ1v) is 6.94. The predicted octanol–water partition coefficient (Wildman–Crippen LogP) is 2.27. The summed E-state index contributed by atoms with van der Waals surface area (Å²) in [5, 5.41) is 2.61. The van der Waals surface area contributed by atoms with Crippen LogP contribution in [0.1, 0.15) is 52.9 Å². The van der Waals surface area contributed by atoms with Crippen LogP contribution in [-0.2, 0) is 14.3 Å². The first kappa shape index (κ1) is 15.0. The van der Waals surface area contributed by atoms with Gasteiger partial charge in [0, 0.05) is 13.5 Å². The fraction of sp³-hybridized carbons (Fsp3) is 0.857.